The molecule has 1 fully saturated rings. The summed E-state index contributed by atoms with van der Waals surface area (Å²) < 4.78 is 64.4. The van der Waals surface area contributed by atoms with Gasteiger partial charge in [-0.15, -0.1) is 6.42 Å². The molecule has 10 heteroatoms. The van der Waals surface area contributed by atoms with E-state index in [0.29, 0.717) is 31.5 Å². The number of aliphatic imine (C=N–C) groups is 1. The maximum Gasteiger partial charge on any atom is 0.425 e. The van der Waals surface area contributed by atoms with Crippen LogP contribution in [0.5, 0.6) is 0 Å². The van der Waals surface area contributed by atoms with Crippen molar-refractivity contribution in [1.82, 2.24) is 4.90 Å². The Morgan fingerprint density at radius 1 is 1.41 bits per heavy atom. The van der Waals surface area contributed by atoms with Gasteiger partial charge in [0.25, 0.3) is 6.02 Å². The minimum Gasteiger partial charge on any atom is -0.452 e. The van der Waals surface area contributed by atoms with Gasteiger partial charge in [-0.2, -0.15) is 13.2 Å². The van der Waals surface area contributed by atoms with Gasteiger partial charge in [0.2, 0.25) is 5.91 Å². The van der Waals surface area contributed by atoms with E-state index >= 15 is 0 Å². The van der Waals surface area contributed by atoms with Crippen molar-refractivity contribution in [2.24, 2.45) is 10.7 Å². The summed E-state index contributed by atoms with van der Waals surface area (Å²) in [6, 6.07) is 3.30. The van der Waals surface area contributed by atoms with Crippen LogP contribution in [-0.4, -0.2) is 54.9 Å². The smallest absolute Gasteiger partial charge is 0.425 e. The summed E-state index contributed by atoms with van der Waals surface area (Å²) in [6.45, 7) is 2.60. The van der Waals surface area contributed by atoms with Gasteiger partial charge in [-0.1, -0.05) is 12.0 Å². The zero-order chi connectivity index (χ0) is 23.5. The predicted molar refractivity (Wildman–Crippen MR) is 109 cm³/mol. The molecule has 2 atom stereocenters. The van der Waals surface area contributed by atoms with Gasteiger partial charge in [0, 0.05) is 25.1 Å². The molecule has 0 radical (unpaired) electrons. The first-order valence-electron chi connectivity index (χ1n) is 10.2. The molecule has 174 valence electrons. The van der Waals surface area contributed by atoms with E-state index in [0.717, 1.165) is 6.07 Å². The molecular weight excluding hydrogens is 430 g/mol. The fraction of sp³-hybridized carbons (Fsp3) is 0.545. The highest BCUT2D eigenvalue weighted by Crippen LogP contribution is 2.41. The fourth-order valence-electron chi connectivity index (χ4n) is 4.04. The van der Waals surface area contributed by atoms with Crippen molar-refractivity contribution in [1.29, 1.82) is 0 Å². The number of halogens is 4. The van der Waals surface area contributed by atoms with Gasteiger partial charge in [-0.05, 0) is 37.5 Å². The summed E-state index contributed by atoms with van der Waals surface area (Å²) in [4.78, 5) is 18.4. The zero-order valence-electron chi connectivity index (χ0n) is 17.6. The molecule has 0 saturated carbocycles. The second-order valence-corrected chi connectivity index (χ2v) is 8.16. The summed E-state index contributed by atoms with van der Waals surface area (Å²) in [7, 11) is 0. The van der Waals surface area contributed by atoms with Crippen LogP contribution in [0.1, 0.15) is 37.3 Å². The fourth-order valence-corrected chi connectivity index (χ4v) is 4.04. The Balaban J connectivity index is 1.73. The summed E-state index contributed by atoms with van der Waals surface area (Å²) in [6.07, 6.45) is -1.01. The lowest BCUT2D eigenvalue weighted by atomic mass is 9.84. The highest BCUT2D eigenvalue weighted by atomic mass is 19.4. The number of amidine groups is 1. The van der Waals surface area contributed by atoms with Gasteiger partial charge >= 0.3 is 6.18 Å². The van der Waals surface area contributed by atoms with Crippen molar-refractivity contribution in [3.8, 4) is 12.3 Å². The molecule has 2 N–H and O–H groups in total. The molecule has 3 rings (SSSR count). The number of piperidine rings is 1. The second kappa shape index (κ2) is 9.36. The number of ether oxygens (including phenoxy) is 2. The van der Waals surface area contributed by atoms with E-state index in [1.54, 1.807) is 4.90 Å². The first-order valence-corrected chi connectivity index (χ1v) is 10.2. The quantitative estimate of drug-likeness (QED) is 0.547. The van der Waals surface area contributed by atoms with E-state index in [4.69, 9.17) is 16.9 Å². The maximum atomic E-state index is 14.6. The minimum atomic E-state index is -4.68. The third-order valence-electron chi connectivity index (χ3n) is 5.73. The summed E-state index contributed by atoms with van der Waals surface area (Å²) in [5.41, 5.74) is 4.29. The maximum absolute atomic E-state index is 14.6. The molecule has 1 aromatic carbocycles. The molecule has 1 aromatic rings. The monoisotopic (exact) mass is 455 g/mol. The standard InChI is InChI=1S/C22H25F4N3O3/c1-3-10-31-15-6-8-29(9-7-15)19(30)12-14-4-5-17(23)16(11-14)21(2)13-18(22(24,25)26)32-20(27)28-21/h1,4-5,11,15,18H,6-10,12-13H2,2H3,(H2,27,28)/t18-,21-/m0/s1. The van der Waals surface area contributed by atoms with E-state index < -0.39 is 36.1 Å². The number of hydrogen-bond donors (Lipinski definition) is 1. The van der Waals surface area contributed by atoms with Crippen molar-refractivity contribution >= 4 is 11.9 Å². The number of hydrogen-bond acceptors (Lipinski definition) is 5. The molecule has 2 aliphatic rings. The Morgan fingerprint density at radius 3 is 2.72 bits per heavy atom. The van der Waals surface area contributed by atoms with Gasteiger partial charge in [0.1, 0.15) is 12.4 Å². The Hall–Kier alpha value is -2.80. The largest absolute Gasteiger partial charge is 0.452 e. The first kappa shape index (κ1) is 23.9. The molecule has 2 aliphatic heterocycles. The highest BCUT2D eigenvalue weighted by molar-refractivity contribution is 5.79. The molecule has 0 spiro atoms. The number of benzene rings is 1. The van der Waals surface area contributed by atoms with Crippen LogP contribution in [0.15, 0.2) is 23.2 Å². The predicted octanol–water partition coefficient (Wildman–Crippen LogP) is 2.89. The Labute approximate surface area is 183 Å². The van der Waals surface area contributed by atoms with Crippen molar-refractivity contribution in [3.05, 3.63) is 35.1 Å². The molecule has 32 heavy (non-hydrogen) atoms. The van der Waals surface area contributed by atoms with E-state index in [9.17, 15) is 22.4 Å². The van der Waals surface area contributed by atoms with Crippen LogP contribution in [0.25, 0.3) is 0 Å². The number of nitrogens with zero attached hydrogens (tertiary/aromatic N) is 2. The normalized spacial score (nSPS) is 24.4. The van der Waals surface area contributed by atoms with Crippen LogP contribution in [0, 0.1) is 18.2 Å². The first-order chi connectivity index (χ1) is 15.0. The number of likely N-dealkylation sites (tertiary alicyclic amines) is 1. The molecule has 1 saturated heterocycles. The molecular formula is C22H25F4N3O3. The third-order valence-corrected chi connectivity index (χ3v) is 5.73. The van der Waals surface area contributed by atoms with Crippen LogP contribution < -0.4 is 5.73 Å². The Morgan fingerprint density at radius 2 is 2.09 bits per heavy atom. The molecule has 2 heterocycles. The molecule has 0 unspecified atom stereocenters. The van der Waals surface area contributed by atoms with E-state index in [1.807, 2.05) is 0 Å². The van der Waals surface area contributed by atoms with Crippen molar-refractivity contribution in [3.63, 3.8) is 0 Å². The van der Waals surface area contributed by atoms with Gasteiger partial charge in [0.05, 0.1) is 18.1 Å². The Kier molecular flexibility index (Phi) is 6.98. The number of carbonyl (C=O) groups is 1. The van der Waals surface area contributed by atoms with E-state index in [-0.39, 0.29) is 30.6 Å². The topological polar surface area (TPSA) is 77.1 Å². The minimum absolute atomic E-state index is 0.00546. The molecule has 0 aliphatic carbocycles. The van der Waals surface area contributed by atoms with Gasteiger partial charge in [-0.3, -0.25) is 4.79 Å². The van der Waals surface area contributed by atoms with Gasteiger partial charge in [-0.25, -0.2) is 9.38 Å². The van der Waals surface area contributed by atoms with Crippen LogP contribution in [0.3, 0.4) is 0 Å². The van der Waals surface area contributed by atoms with Crippen LogP contribution in [-0.2, 0) is 26.2 Å². The lowest BCUT2D eigenvalue weighted by molar-refractivity contribution is -0.208. The average Bonchev–Trinajstić information content (AvgIpc) is 2.72. The number of alkyl halides is 3. The summed E-state index contributed by atoms with van der Waals surface area (Å²) in [5.74, 6) is 1.53. The molecule has 6 nitrogen and oxygen atoms in total. The van der Waals surface area contributed by atoms with Crippen LogP contribution in [0.4, 0.5) is 17.6 Å². The molecule has 0 aromatic heterocycles. The van der Waals surface area contributed by atoms with Crippen molar-refractivity contribution in [2.45, 2.75) is 56.5 Å². The van der Waals surface area contributed by atoms with Crippen molar-refractivity contribution in [2.75, 3.05) is 19.7 Å². The van der Waals surface area contributed by atoms with Crippen LogP contribution in [0.2, 0.25) is 0 Å². The van der Waals surface area contributed by atoms with Gasteiger partial charge < -0.3 is 20.1 Å². The number of nitrogens with two attached hydrogens (primary N) is 1. The van der Waals surface area contributed by atoms with Crippen molar-refractivity contribution < 1.29 is 31.8 Å². The molecule has 1 amide bonds. The number of carbonyl (C=O) groups excluding carboxylic acids is 1. The second-order valence-electron chi connectivity index (χ2n) is 8.16. The number of terminal acetylenes is 1. The number of rotatable bonds is 5. The lowest BCUT2D eigenvalue weighted by Gasteiger charge is -2.36. The van der Waals surface area contributed by atoms with E-state index in [2.05, 4.69) is 15.6 Å². The lowest BCUT2D eigenvalue weighted by Crippen LogP contribution is -2.46. The Bertz CT molecular complexity index is 920. The third kappa shape index (κ3) is 5.51. The summed E-state index contributed by atoms with van der Waals surface area (Å²) >= 11 is 0. The zero-order valence-corrected chi connectivity index (χ0v) is 17.6. The highest BCUT2D eigenvalue weighted by Gasteiger charge is 2.50. The number of amides is 1. The average molecular weight is 455 g/mol. The van der Waals surface area contributed by atoms with Crippen LogP contribution >= 0.6 is 0 Å². The molecule has 0 bridgehead atoms. The summed E-state index contributed by atoms with van der Waals surface area (Å²) in [5, 5.41) is 0. The van der Waals surface area contributed by atoms with E-state index in [1.165, 1.54) is 19.1 Å². The SMILES string of the molecule is C#CCOC1CCN(C(=O)Cc2ccc(F)c([C@]3(C)C[C@@H](C(F)(F)F)OC(N)=N3)c2)CC1. The van der Waals surface area contributed by atoms with Gasteiger partial charge in [0.15, 0.2) is 6.10 Å².